The number of phenolic OH excluding ortho intramolecular Hbond substituents is 1. The molecule has 4 nitrogen and oxygen atoms in total. The summed E-state index contributed by atoms with van der Waals surface area (Å²) < 4.78 is 13.1. The Morgan fingerprint density at radius 2 is 1.90 bits per heavy atom. The average Bonchev–Trinajstić information content (AvgIpc) is 2.49. The number of hydrogen-bond acceptors (Lipinski definition) is 2. The fourth-order valence-corrected chi connectivity index (χ4v) is 1.86. The number of aliphatic imine (C=N–C) groups is 1. The topological polar surface area (TPSA) is 70.6 Å². The van der Waals surface area contributed by atoms with Crippen molar-refractivity contribution in [3.05, 3.63) is 65.5 Å². The smallest absolute Gasteiger partial charge is 0.188 e. The molecule has 2 aromatic rings. The van der Waals surface area contributed by atoms with Gasteiger partial charge in [0.05, 0.1) is 6.54 Å². The molecule has 0 aliphatic carbocycles. The van der Waals surface area contributed by atoms with Crippen LogP contribution >= 0.6 is 0 Å². The molecule has 0 aliphatic heterocycles. The molecule has 0 unspecified atom stereocenters. The SMILES string of the molecule is NC(=NCc1ccc(O)c(F)c1)NCCc1ccccc1. The second kappa shape index (κ2) is 7.28. The summed E-state index contributed by atoms with van der Waals surface area (Å²) in [4.78, 5) is 4.13. The third-order valence-corrected chi connectivity index (χ3v) is 3.01. The van der Waals surface area contributed by atoms with E-state index in [-0.39, 0.29) is 12.3 Å². The van der Waals surface area contributed by atoms with Crippen molar-refractivity contribution in [1.82, 2.24) is 5.32 Å². The zero-order valence-corrected chi connectivity index (χ0v) is 11.6. The fourth-order valence-electron chi connectivity index (χ4n) is 1.86. The van der Waals surface area contributed by atoms with Crippen LogP contribution in [0.4, 0.5) is 4.39 Å². The molecule has 0 fully saturated rings. The molecule has 0 aromatic heterocycles. The largest absolute Gasteiger partial charge is 0.505 e. The summed E-state index contributed by atoms with van der Waals surface area (Å²) in [6.45, 7) is 0.949. The maximum atomic E-state index is 13.1. The van der Waals surface area contributed by atoms with Crippen molar-refractivity contribution in [3.8, 4) is 5.75 Å². The highest BCUT2D eigenvalue weighted by atomic mass is 19.1. The number of rotatable bonds is 5. The van der Waals surface area contributed by atoms with Crippen molar-refractivity contribution in [1.29, 1.82) is 0 Å². The summed E-state index contributed by atoms with van der Waals surface area (Å²) in [7, 11) is 0. The maximum absolute atomic E-state index is 13.1. The second-order valence-electron chi connectivity index (χ2n) is 4.65. The molecule has 0 radical (unpaired) electrons. The number of guanidine groups is 1. The van der Waals surface area contributed by atoms with E-state index in [4.69, 9.17) is 10.8 Å². The van der Waals surface area contributed by atoms with Crippen molar-refractivity contribution in [3.63, 3.8) is 0 Å². The molecular weight excluding hydrogens is 269 g/mol. The number of halogens is 1. The van der Waals surface area contributed by atoms with Crippen LogP contribution < -0.4 is 11.1 Å². The molecular formula is C16H18FN3O. The van der Waals surface area contributed by atoms with E-state index in [0.717, 1.165) is 6.42 Å². The summed E-state index contributed by atoms with van der Waals surface area (Å²) >= 11 is 0. The van der Waals surface area contributed by atoms with Gasteiger partial charge in [-0.25, -0.2) is 9.38 Å². The molecule has 110 valence electrons. The molecule has 0 saturated carbocycles. The molecule has 5 heteroatoms. The van der Waals surface area contributed by atoms with E-state index in [1.54, 1.807) is 6.07 Å². The lowest BCUT2D eigenvalue weighted by Crippen LogP contribution is -2.33. The van der Waals surface area contributed by atoms with Crippen LogP contribution in [0.15, 0.2) is 53.5 Å². The van der Waals surface area contributed by atoms with Crippen LogP contribution in [-0.2, 0) is 13.0 Å². The number of nitrogens with one attached hydrogen (secondary N) is 1. The number of hydrogen-bond donors (Lipinski definition) is 3. The molecule has 21 heavy (non-hydrogen) atoms. The van der Waals surface area contributed by atoms with Crippen LogP contribution in [0.25, 0.3) is 0 Å². The Bertz CT molecular complexity index is 614. The maximum Gasteiger partial charge on any atom is 0.188 e. The van der Waals surface area contributed by atoms with Gasteiger partial charge in [0.2, 0.25) is 0 Å². The molecule has 0 bridgehead atoms. The first kappa shape index (κ1) is 14.8. The lowest BCUT2D eigenvalue weighted by atomic mass is 10.1. The van der Waals surface area contributed by atoms with Crippen LogP contribution in [0, 0.1) is 5.82 Å². The van der Waals surface area contributed by atoms with Gasteiger partial charge >= 0.3 is 0 Å². The lowest BCUT2D eigenvalue weighted by Gasteiger charge is -2.06. The summed E-state index contributed by atoms with van der Waals surface area (Å²) in [5, 5.41) is 12.1. The van der Waals surface area contributed by atoms with Crippen molar-refractivity contribution in [2.45, 2.75) is 13.0 Å². The third-order valence-electron chi connectivity index (χ3n) is 3.01. The lowest BCUT2D eigenvalue weighted by molar-refractivity contribution is 0.432. The first-order valence-electron chi connectivity index (χ1n) is 6.70. The van der Waals surface area contributed by atoms with Gasteiger partial charge in [0, 0.05) is 6.54 Å². The Kier molecular flexibility index (Phi) is 5.15. The van der Waals surface area contributed by atoms with Gasteiger partial charge in [-0.15, -0.1) is 0 Å². The van der Waals surface area contributed by atoms with Crippen molar-refractivity contribution in [2.24, 2.45) is 10.7 Å². The zero-order valence-electron chi connectivity index (χ0n) is 11.6. The zero-order chi connectivity index (χ0) is 15.1. The van der Waals surface area contributed by atoms with Crippen LogP contribution in [-0.4, -0.2) is 17.6 Å². The highest BCUT2D eigenvalue weighted by Crippen LogP contribution is 2.16. The Hall–Kier alpha value is -2.56. The van der Waals surface area contributed by atoms with Gasteiger partial charge in [-0.1, -0.05) is 36.4 Å². The summed E-state index contributed by atoms with van der Waals surface area (Å²) in [6, 6.07) is 14.2. The first-order valence-corrected chi connectivity index (χ1v) is 6.70. The molecule has 0 amide bonds. The quantitative estimate of drug-likeness (QED) is 0.583. The first-order chi connectivity index (χ1) is 10.1. The molecule has 0 atom stereocenters. The van der Waals surface area contributed by atoms with E-state index in [1.165, 1.54) is 17.7 Å². The number of nitrogens with zero attached hydrogens (tertiary/aromatic N) is 1. The Morgan fingerprint density at radius 3 is 2.62 bits per heavy atom. The standard InChI is InChI=1S/C16H18FN3O/c17-14-10-13(6-7-15(14)21)11-20-16(18)19-9-8-12-4-2-1-3-5-12/h1-7,10,21H,8-9,11H2,(H3,18,19,20). The third kappa shape index (κ3) is 4.80. The number of aromatic hydroxyl groups is 1. The normalized spacial score (nSPS) is 11.4. The summed E-state index contributed by atoms with van der Waals surface area (Å²) in [6.07, 6.45) is 0.852. The van der Waals surface area contributed by atoms with Gasteiger partial charge in [0.15, 0.2) is 17.5 Å². The van der Waals surface area contributed by atoms with Crippen molar-refractivity contribution >= 4 is 5.96 Å². The molecule has 2 rings (SSSR count). The van der Waals surface area contributed by atoms with Crippen LogP contribution in [0.2, 0.25) is 0 Å². The van der Waals surface area contributed by atoms with Crippen LogP contribution in [0.1, 0.15) is 11.1 Å². The van der Waals surface area contributed by atoms with E-state index in [1.807, 2.05) is 30.3 Å². The molecule has 0 heterocycles. The van der Waals surface area contributed by atoms with E-state index in [9.17, 15) is 4.39 Å². The molecule has 0 spiro atoms. The Labute approximate surface area is 123 Å². The molecule has 0 aliphatic rings. The highest BCUT2D eigenvalue weighted by molar-refractivity contribution is 5.77. The average molecular weight is 287 g/mol. The van der Waals surface area contributed by atoms with E-state index < -0.39 is 5.82 Å². The van der Waals surface area contributed by atoms with Gasteiger partial charge in [-0.2, -0.15) is 0 Å². The van der Waals surface area contributed by atoms with Gasteiger partial charge in [0.1, 0.15) is 0 Å². The Morgan fingerprint density at radius 1 is 1.14 bits per heavy atom. The van der Waals surface area contributed by atoms with Gasteiger partial charge in [-0.05, 0) is 29.7 Å². The molecule has 4 N–H and O–H groups in total. The molecule has 0 saturated heterocycles. The number of nitrogens with two attached hydrogens (primary N) is 1. The monoisotopic (exact) mass is 287 g/mol. The number of benzene rings is 2. The molecule has 2 aromatic carbocycles. The minimum absolute atomic E-state index is 0.265. The van der Waals surface area contributed by atoms with E-state index >= 15 is 0 Å². The van der Waals surface area contributed by atoms with Crippen LogP contribution in [0.3, 0.4) is 0 Å². The predicted octanol–water partition coefficient (Wildman–Crippen LogP) is 2.18. The highest BCUT2D eigenvalue weighted by Gasteiger charge is 2.01. The van der Waals surface area contributed by atoms with Gasteiger partial charge in [0.25, 0.3) is 0 Å². The van der Waals surface area contributed by atoms with E-state index in [0.29, 0.717) is 18.1 Å². The van der Waals surface area contributed by atoms with E-state index in [2.05, 4.69) is 10.3 Å². The van der Waals surface area contributed by atoms with Gasteiger partial charge in [-0.3, -0.25) is 0 Å². The van der Waals surface area contributed by atoms with Crippen molar-refractivity contribution < 1.29 is 9.50 Å². The minimum atomic E-state index is -0.654. The second-order valence-corrected chi connectivity index (χ2v) is 4.65. The minimum Gasteiger partial charge on any atom is -0.505 e. The summed E-state index contributed by atoms with van der Waals surface area (Å²) in [5.41, 5.74) is 7.62. The van der Waals surface area contributed by atoms with Crippen LogP contribution in [0.5, 0.6) is 5.75 Å². The number of phenols is 1. The fraction of sp³-hybridized carbons (Fsp3) is 0.188. The van der Waals surface area contributed by atoms with Gasteiger partial charge < -0.3 is 16.2 Å². The van der Waals surface area contributed by atoms with Crippen molar-refractivity contribution in [2.75, 3.05) is 6.54 Å². The predicted molar refractivity (Wildman–Crippen MR) is 81.5 cm³/mol. The Balaban J connectivity index is 1.80. The summed E-state index contributed by atoms with van der Waals surface area (Å²) in [5.74, 6) is -0.700.